The van der Waals surface area contributed by atoms with E-state index in [1.165, 1.54) is 0 Å². The maximum atomic E-state index is 11.9. The van der Waals surface area contributed by atoms with Crippen LogP contribution < -0.4 is 5.73 Å². The number of carbonyl (C=O) groups excluding carboxylic acids is 1. The van der Waals surface area contributed by atoms with Gasteiger partial charge in [-0.2, -0.15) is 0 Å². The zero-order valence-corrected chi connectivity index (χ0v) is 8.81. The number of anilines is 1. The maximum absolute atomic E-state index is 11.9. The predicted molar refractivity (Wildman–Crippen MR) is 59.5 cm³/mol. The molecule has 0 bridgehead atoms. The van der Waals surface area contributed by atoms with E-state index in [0.717, 1.165) is 0 Å². The Morgan fingerprint density at radius 1 is 1.47 bits per heavy atom. The molecule has 4 heteroatoms. The second-order valence-electron chi connectivity index (χ2n) is 3.20. The molecule has 0 aliphatic carbocycles. The van der Waals surface area contributed by atoms with Crippen molar-refractivity contribution in [1.29, 1.82) is 0 Å². The van der Waals surface area contributed by atoms with E-state index in [2.05, 4.69) is 0 Å². The molecule has 3 N–H and O–H groups in total. The van der Waals surface area contributed by atoms with Crippen LogP contribution in [0.5, 0.6) is 0 Å². The highest BCUT2D eigenvalue weighted by molar-refractivity contribution is 5.99. The Balaban J connectivity index is 2.88. The zero-order valence-electron chi connectivity index (χ0n) is 8.81. The van der Waals surface area contributed by atoms with Crippen molar-refractivity contribution in [2.75, 3.05) is 25.4 Å². The van der Waals surface area contributed by atoms with Gasteiger partial charge in [0.2, 0.25) is 0 Å². The highest BCUT2D eigenvalue weighted by Gasteiger charge is 2.15. The molecular weight excluding hydrogens is 192 g/mol. The number of aliphatic hydroxyl groups excluding tert-OH is 1. The number of benzene rings is 1. The molecule has 0 spiro atoms. The molecule has 0 saturated heterocycles. The minimum Gasteiger partial charge on any atom is -0.398 e. The van der Waals surface area contributed by atoms with Crippen molar-refractivity contribution in [3.8, 4) is 0 Å². The first-order valence-corrected chi connectivity index (χ1v) is 4.95. The Morgan fingerprint density at radius 2 is 2.13 bits per heavy atom. The van der Waals surface area contributed by atoms with Crippen molar-refractivity contribution in [3.05, 3.63) is 29.8 Å². The van der Waals surface area contributed by atoms with Gasteiger partial charge in [-0.1, -0.05) is 12.1 Å². The van der Waals surface area contributed by atoms with E-state index in [9.17, 15) is 4.79 Å². The third kappa shape index (κ3) is 2.70. The molecule has 0 atom stereocenters. The molecule has 15 heavy (non-hydrogen) atoms. The van der Waals surface area contributed by atoms with Crippen molar-refractivity contribution in [2.45, 2.75) is 6.92 Å². The summed E-state index contributed by atoms with van der Waals surface area (Å²) in [6.07, 6.45) is 0. The minimum atomic E-state index is -0.135. The molecule has 4 nitrogen and oxygen atoms in total. The van der Waals surface area contributed by atoms with Gasteiger partial charge in [0.15, 0.2) is 0 Å². The van der Waals surface area contributed by atoms with Gasteiger partial charge in [0.25, 0.3) is 5.91 Å². The second-order valence-corrected chi connectivity index (χ2v) is 3.20. The van der Waals surface area contributed by atoms with E-state index in [-0.39, 0.29) is 12.5 Å². The van der Waals surface area contributed by atoms with Gasteiger partial charge in [0.05, 0.1) is 12.2 Å². The van der Waals surface area contributed by atoms with E-state index < -0.39 is 0 Å². The van der Waals surface area contributed by atoms with Crippen molar-refractivity contribution in [2.24, 2.45) is 0 Å². The highest BCUT2D eigenvalue weighted by atomic mass is 16.3. The van der Waals surface area contributed by atoms with Crippen molar-refractivity contribution in [1.82, 2.24) is 4.90 Å². The van der Waals surface area contributed by atoms with Gasteiger partial charge >= 0.3 is 0 Å². The summed E-state index contributed by atoms with van der Waals surface area (Å²) in [6, 6.07) is 6.95. The van der Waals surface area contributed by atoms with Crippen LogP contribution in [0.2, 0.25) is 0 Å². The number of amides is 1. The fraction of sp³-hybridized carbons (Fsp3) is 0.364. The first kappa shape index (κ1) is 11.5. The molecule has 0 fully saturated rings. The fourth-order valence-electron chi connectivity index (χ4n) is 1.39. The van der Waals surface area contributed by atoms with Gasteiger partial charge in [0.1, 0.15) is 0 Å². The average Bonchev–Trinajstić information content (AvgIpc) is 2.25. The number of hydrogen-bond acceptors (Lipinski definition) is 3. The zero-order chi connectivity index (χ0) is 11.3. The molecule has 1 rings (SSSR count). The van der Waals surface area contributed by atoms with Gasteiger partial charge in [-0.25, -0.2) is 0 Å². The summed E-state index contributed by atoms with van der Waals surface area (Å²) in [7, 11) is 0. The number of rotatable bonds is 4. The van der Waals surface area contributed by atoms with E-state index in [1.54, 1.807) is 29.2 Å². The Bertz CT molecular complexity index is 339. The molecule has 0 unspecified atom stereocenters. The molecule has 1 amide bonds. The lowest BCUT2D eigenvalue weighted by Crippen LogP contribution is -2.33. The topological polar surface area (TPSA) is 66.6 Å². The molecule has 1 aromatic carbocycles. The number of aliphatic hydroxyl groups is 1. The molecule has 0 heterocycles. The largest absolute Gasteiger partial charge is 0.398 e. The van der Waals surface area contributed by atoms with Crippen LogP contribution in [0.1, 0.15) is 17.3 Å². The molecule has 0 aromatic heterocycles. The molecule has 0 radical (unpaired) electrons. The number of para-hydroxylation sites is 1. The van der Waals surface area contributed by atoms with Gasteiger partial charge < -0.3 is 15.7 Å². The number of carbonyl (C=O) groups is 1. The first-order valence-electron chi connectivity index (χ1n) is 4.95. The molecule has 82 valence electrons. The quantitative estimate of drug-likeness (QED) is 0.717. The molecule has 0 aliphatic rings. The van der Waals surface area contributed by atoms with Crippen LogP contribution in [0.15, 0.2) is 24.3 Å². The summed E-state index contributed by atoms with van der Waals surface area (Å²) >= 11 is 0. The number of nitrogen functional groups attached to an aromatic ring is 1. The van der Waals surface area contributed by atoms with Gasteiger partial charge in [-0.15, -0.1) is 0 Å². The van der Waals surface area contributed by atoms with Gasteiger partial charge in [-0.3, -0.25) is 4.79 Å². The van der Waals surface area contributed by atoms with E-state index in [0.29, 0.717) is 24.3 Å². The Hall–Kier alpha value is -1.55. The highest BCUT2D eigenvalue weighted by Crippen LogP contribution is 2.13. The van der Waals surface area contributed by atoms with E-state index in [1.807, 2.05) is 6.92 Å². The SMILES string of the molecule is CCN(CCO)C(=O)c1ccccc1N. The summed E-state index contributed by atoms with van der Waals surface area (Å²) in [4.78, 5) is 13.5. The van der Waals surface area contributed by atoms with Crippen LogP contribution >= 0.6 is 0 Å². The number of hydrogen-bond donors (Lipinski definition) is 2. The van der Waals surface area contributed by atoms with Crippen LogP contribution in [-0.4, -0.2) is 35.6 Å². The molecule has 0 aliphatic heterocycles. The minimum absolute atomic E-state index is 0.0354. The lowest BCUT2D eigenvalue weighted by Gasteiger charge is -2.20. The lowest BCUT2D eigenvalue weighted by atomic mass is 10.1. The molecule has 1 aromatic rings. The predicted octanol–water partition coefficient (Wildman–Crippen LogP) is 0.723. The monoisotopic (exact) mass is 208 g/mol. The lowest BCUT2D eigenvalue weighted by molar-refractivity contribution is 0.0733. The Morgan fingerprint density at radius 3 is 2.67 bits per heavy atom. The molecule has 0 saturated carbocycles. The van der Waals surface area contributed by atoms with Crippen molar-refractivity contribution >= 4 is 11.6 Å². The number of nitrogens with zero attached hydrogens (tertiary/aromatic N) is 1. The summed E-state index contributed by atoms with van der Waals surface area (Å²) in [5.74, 6) is -0.135. The average molecular weight is 208 g/mol. The van der Waals surface area contributed by atoms with Gasteiger partial charge in [-0.05, 0) is 19.1 Å². The Labute approximate surface area is 89.3 Å². The smallest absolute Gasteiger partial charge is 0.256 e. The molecular formula is C11H16N2O2. The summed E-state index contributed by atoms with van der Waals surface area (Å²) in [5.41, 5.74) is 6.66. The van der Waals surface area contributed by atoms with Crippen molar-refractivity contribution < 1.29 is 9.90 Å². The standard InChI is InChI=1S/C11H16N2O2/c1-2-13(7-8-14)11(15)9-5-3-4-6-10(9)12/h3-6,14H,2,7-8,12H2,1H3. The van der Waals surface area contributed by atoms with Crippen LogP contribution in [0.25, 0.3) is 0 Å². The fourth-order valence-corrected chi connectivity index (χ4v) is 1.39. The maximum Gasteiger partial charge on any atom is 0.256 e. The third-order valence-electron chi connectivity index (χ3n) is 2.23. The number of nitrogens with two attached hydrogens (primary N) is 1. The van der Waals surface area contributed by atoms with E-state index in [4.69, 9.17) is 10.8 Å². The van der Waals surface area contributed by atoms with Crippen LogP contribution in [-0.2, 0) is 0 Å². The normalized spacial score (nSPS) is 10.0. The third-order valence-corrected chi connectivity index (χ3v) is 2.23. The van der Waals surface area contributed by atoms with Crippen molar-refractivity contribution in [3.63, 3.8) is 0 Å². The van der Waals surface area contributed by atoms with Crippen LogP contribution in [0.4, 0.5) is 5.69 Å². The van der Waals surface area contributed by atoms with Crippen LogP contribution in [0, 0.1) is 0 Å². The Kier molecular flexibility index (Phi) is 4.12. The van der Waals surface area contributed by atoms with E-state index >= 15 is 0 Å². The van der Waals surface area contributed by atoms with Gasteiger partial charge in [0, 0.05) is 18.8 Å². The first-order chi connectivity index (χ1) is 7.20. The number of likely N-dealkylation sites (N-methyl/N-ethyl adjacent to an activating group) is 1. The summed E-state index contributed by atoms with van der Waals surface area (Å²) < 4.78 is 0. The van der Waals surface area contributed by atoms with Crippen LogP contribution in [0.3, 0.4) is 0 Å². The summed E-state index contributed by atoms with van der Waals surface area (Å²) in [6.45, 7) is 2.73. The summed E-state index contributed by atoms with van der Waals surface area (Å²) in [5, 5.41) is 8.81. The second kappa shape index (κ2) is 5.36.